The third-order valence-electron chi connectivity index (χ3n) is 4.28. The fourth-order valence-electron chi connectivity index (χ4n) is 2.91. The molecule has 0 unspecified atom stereocenters. The maximum absolute atomic E-state index is 12.3. The average Bonchev–Trinajstić information content (AvgIpc) is 2.87. The Hall–Kier alpha value is -2.11. The monoisotopic (exact) mass is 359 g/mol. The van der Waals surface area contributed by atoms with Gasteiger partial charge in [0.25, 0.3) is 0 Å². The number of aromatic nitrogens is 1. The molecule has 2 aromatic rings. The number of carbonyl (C=O) groups excluding carboxylic acids is 1. The standard InChI is InChI=1S/C19H22ClN3O2/c20-18-7-2-1-6-17(18)15-25-19(24)23-10-4-9-22(11-12-23)14-16-5-3-8-21-13-16/h1-3,5-8,13H,4,9-12,14-15H2. The Bertz CT molecular complexity index is 696. The molecular weight excluding hydrogens is 338 g/mol. The topological polar surface area (TPSA) is 45.7 Å². The lowest BCUT2D eigenvalue weighted by Gasteiger charge is -2.21. The molecule has 1 amide bonds. The van der Waals surface area contributed by atoms with Crippen LogP contribution in [-0.2, 0) is 17.9 Å². The molecule has 1 aromatic carbocycles. The van der Waals surface area contributed by atoms with Crippen LogP contribution in [0.15, 0.2) is 48.8 Å². The fourth-order valence-corrected chi connectivity index (χ4v) is 3.10. The predicted molar refractivity (Wildman–Crippen MR) is 97.3 cm³/mol. The van der Waals surface area contributed by atoms with Gasteiger partial charge in [-0.15, -0.1) is 0 Å². The second-order valence-electron chi connectivity index (χ2n) is 6.12. The molecule has 1 aromatic heterocycles. The van der Waals surface area contributed by atoms with Crippen LogP contribution in [0.5, 0.6) is 0 Å². The molecule has 0 bridgehead atoms. The minimum atomic E-state index is -0.275. The van der Waals surface area contributed by atoms with Crippen molar-refractivity contribution in [2.24, 2.45) is 0 Å². The van der Waals surface area contributed by atoms with Gasteiger partial charge in [-0.1, -0.05) is 35.9 Å². The van der Waals surface area contributed by atoms with Gasteiger partial charge >= 0.3 is 6.09 Å². The maximum Gasteiger partial charge on any atom is 0.410 e. The van der Waals surface area contributed by atoms with E-state index < -0.39 is 0 Å². The van der Waals surface area contributed by atoms with Crippen molar-refractivity contribution in [1.82, 2.24) is 14.8 Å². The summed E-state index contributed by atoms with van der Waals surface area (Å²) in [5, 5.41) is 0.619. The van der Waals surface area contributed by atoms with Crippen molar-refractivity contribution < 1.29 is 9.53 Å². The van der Waals surface area contributed by atoms with Gasteiger partial charge < -0.3 is 9.64 Å². The quantitative estimate of drug-likeness (QED) is 0.837. The number of nitrogens with zero attached hydrogens (tertiary/aromatic N) is 3. The Morgan fingerprint density at radius 1 is 1.12 bits per heavy atom. The van der Waals surface area contributed by atoms with Crippen LogP contribution in [0.4, 0.5) is 4.79 Å². The number of amides is 1. The Balaban J connectivity index is 1.49. The second kappa shape index (κ2) is 8.83. The largest absolute Gasteiger partial charge is 0.444 e. The molecule has 0 saturated carbocycles. The van der Waals surface area contributed by atoms with Crippen LogP contribution in [0.3, 0.4) is 0 Å². The van der Waals surface area contributed by atoms with Crippen LogP contribution in [0.1, 0.15) is 17.5 Å². The van der Waals surface area contributed by atoms with Gasteiger partial charge in [0.15, 0.2) is 0 Å². The number of rotatable bonds is 4. The molecule has 5 nitrogen and oxygen atoms in total. The van der Waals surface area contributed by atoms with Crippen LogP contribution >= 0.6 is 11.6 Å². The van der Waals surface area contributed by atoms with Crippen molar-refractivity contribution in [1.29, 1.82) is 0 Å². The Labute approximate surface area is 153 Å². The summed E-state index contributed by atoms with van der Waals surface area (Å²) in [5.74, 6) is 0. The third kappa shape index (κ3) is 5.18. The summed E-state index contributed by atoms with van der Waals surface area (Å²) in [6.07, 6.45) is 4.33. The van der Waals surface area contributed by atoms with E-state index in [0.717, 1.165) is 31.6 Å². The molecule has 2 heterocycles. The maximum atomic E-state index is 12.3. The minimum absolute atomic E-state index is 0.203. The van der Waals surface area contributed by atoms with Crippen molar-refractivity contribution in [3.63, 3.8) is 0 Å². The van der Waals surface area contributed by atoms with Crippen LogP contribution in [0.25, 0.3) is 0 Å². The smallest absolute Gasteiger partial charge is 0.410 e. The third-order valence-corrected chi connectivity index (χ3v) is 4.65. The van der Waals surface area contributed by atoms with E-state index >= 15 is 0 Å². The molecule has 0 aliphatic carbocycles. The van der Waals surface area contributed by atoms with Crippen molar-refractivity contribution in [3.05, 3.63) is 64.9 Å². The van der Waals surface area contributed by atoms with E-state index in [9.17, 15) is 4.79 Å². The van der Waals surface area contributed by atoms with Crippen LogP contribution in [0.2, 0.25) is 5.02 Å². The van der Waals surface area contributed by atoms with E-state index in [4.69, 9.17) is 16.3 Å². The molecule has 0 N–H and O–H groups in total. The number of hydrogen-bond acceptors (Lipinski definition) is 4. The summed E-state index contributed by atoms with van der Waals surface area (Å²) < 4.78 is 5.43. The highest BCUT2D eigenvalue weighted by Gasteiger charge is 2.20. The highest BCUT2D eigenvalue weighted by atomic mass is 35.5. The molecular formula is C19H22ClN3O2. The lowest BCUT2D eigenvalue weighted by molar-refractivity contribution is 0.0972. The number of benzene rings is 1. The molecule has 132 valence electrons. The lowest BCUT2D eigenvalue weighted by atomic mass is 10.2. The Kier molecular flexibility index (Phi) is 6.25. The van der Waals surface area contributed by atoms with Gasteiger partial charge in [-0.05, 0) is 24.1 Å². The predicted octanol–water partition coefficient (Wildman–Crippen LogP) is 3.58. The second-order valence-corrected chi connectivity index (χ2v) is 6.53. The van der Waals surface area contributed by atoms with Crippen LogP contribution < -0.4 is 0 Å². The Morgan fingerprint density at radius 2 is 2.00 bits per heavy atom. The van der Waals surface area contributed by atoms with Gasteiger partial charge in [-0.3, -0.25) is 9.88 Å². The van der Waals surface area contributed by atoms with Crippen LogP contribution in [0, 0.1) is 0 Å². The fraction of sp³-hybridized carbons (Fsp3) is 0.368. The van der Waals surface area contributed by atoms with E-state index in [1.807, 2.05) is 30.5 Å². The summed E-state index contributed by atoms with van der Waals surface area (Å²) in [4.78, 5) is 20.6. The molecule has 1 aliphatic rings. The molecule has 0 radical (unpaired) electrons. The first-order chi connectivity index (χ1) is 12.2. The van der Waals surface area contributed by atoms with E-state index in [2.05, 4.69) is 16.0 Å². The van der Waals surface area contributed by atoms with Gasteiger partial charge in [0.1, 0.15) is 6.61 Å². The van der Waals surface area contributed by atoms with E-state index in [-0.39, 0.29) is 12.7 Å². The zero-order chi connectivity index (χ0) is 17.5. The summed E-state index contributed by atoms with van der Waals surface area (Å²) in [7, 11) is 0. The molecule has 1 saturated heterocycles. The van der Waals surface area contributed by atoms with Gasteiger partial charge in [-0.2, -0.15) is 0 Å². The van der Waals surface area contributed by atoms with E-state index in [1.165, 1.54) is 5.56 Å². The molecule has 1 aliphatic heterocycles. The highest BCUT2D eigenvalue weighted by Crippen LogP contribution is 2.16. The molecule has 0 atom stereocenters. The normalized spacial score (nSPS) is 15.6. The molecule has 6 heteroatoms. The summed E-state index contributed by atoms with van der Waals surface area (Å²) in [6, 6.07) is 11.4. The van der Waals surface area contributed by atoms with Gasteiger partial charge in [0.2, 0.25) is 0 Å². The first-order valence-corrected chi connectivity index (χ1v) is 8.86. The first kappa shape index (κ1) is 17.7. The van der Waals surface area contributed by atoms with Gasteiger partial charge in [0.05, 0.1) is 0 Å². The van der Waals surface area contributed by atoms with E-state index in [1.54, 1.807) is 17.2 Å². The van der Waals surface area contributed by atoms with E-state index in [0.29, 0.717) is 18.1 Å². The van der Waals surface area contributed by atoms with Crippen molar-refractivity contribution in [2.75, 3.05) is 26.2 Å². The number of pyridine rings is 1. The SMILES string of the molecule is O=C(OCc1ccccc1Cl)N1CCCN(Cc2cccnc2)CC1. The van der Waals surface area contributed by atoms with Crippen LogP contribution in [-0.4, -0.2) is 47.1 Å². The number of ether oxygens (including phenoxy) is 1. The Morgan fingerprint density at radius 3 is 2.80 bits per heavy atom. The molecule has 1 fully saturated rings. The lowest BCUT2D eigenvalue weighted by Crippen LogP contribution is -2.35. The average molecular weight is 360 g/mol. The van der Waals surface area contributed by atoms with Crippen molar-refractivity contribution >= 4 is 17.7 Å². The van der Waals surface area contributed by atoms with Gasteiger partial charge in [0, 0.05) is 55.7 Å². The molecule has 25 heavy (non-hydrogen) atoms. The highest BCUT2D eigenvalue weighted by molar-refractivity contribution is 6.31. The summed E-state index contributed by atoms with van der Waals surface area (Å²) in [5.41, 5.74) is 2.02. The first-order valence-electron chi connectivity index (χ1n) is 8.49. The van der Waals surface area contributed by atoms with Crippen molar-refractivity contribution in [3.8, 4) is 0 Å². The zero-order valence-electron chi connectivity index (χ0n) is 14.1. The summed E-state index contributed by atoms with van der Waals surface area (Å²) >= 11 is 6.10. The number of carbonyl (C=O) groups is 1. The van der Waals surface area contributed by atoms with Crippen molar-refractivity contribution in [2.45, 2.75) is 19.6 Å². The number of hydrogen-bond donors (Lipinski definition) is 0. The molecule has 0 spiro atoms. The number of halogens is 1. The summed E-state index contributed by atoms with van der Waals surface area (Å²) in [6.45, 7) is 4.23. The molecule has 3 rings (SSSR count). The zero-order valence-corrected chi connectivity index (χ0v) is 14.9. The minimum Gasteiger partial charge on any atom is -0.444 e. The van der Waals surface area contributed by atoms with Gasteiger partial charge in [-0.25, -0.2) is 4.79 Å².